The Balaban J connectivity index is 2.24. The van der Waals surface area contributed by atoms with E-state index in [2.05, 4.69) is 39.9 Å². The molecule has 1 saturated carbocycles. The average Bonchev–Trinajstić information content (AvgIpc) is 2.74. The van der Waals surface area contributed by atoms with Gasteiger partial charge in [-0.3, -0.25) is 0 Å². The second-order valence-electron chi connectivity index (χ2n) is 6.99. The van der Waals surface area contributed by atoms with Gasteiger partial charge in [0.05, 0.1) is 0 Å². The Labute approximate surface area is 133 Å². The molecule has 0 spiro atoms. The van der Waals surface area contributed by atoms with E-state index >= 15 is 0 Å². The summed E-state index contributed by atoms with van der Waals surface area (Å²) in [6.45, 7) is 12.6. The zero-order chi connectivity index (χ0) is 15.1. The maximum atomic E-state index is 6.33. The van der Waals surface area contributed by atoms with Gasteiger partial charge in [0, 0.05) is 16.1 Å². The van der Waals surface area contributed by atoms with Gasteiger partial charge < -0.3 is 5.32 Å². The summed E-state index contributed by atoms with van der Waals surface area (Å²) in [5.74, 6) is 0.641. The number of benzene rings is 1. The molecule has 1 aliphatic rings. The van der Waals surface area contributed by atoms with Crippen molar-refractivity contribution in [2.24, 2.45) is 16.7 Å². The molecule has 1 aliphatic carbocycles. The van der Waals surface area contributed by atoms with Gasteiger partial charge in [-0.1, -0.05) is 63.9 Å². The Hall–Kier alpha value is -0.240. The Morgan fingerprint density at radius 1 is 1.10 bits per heavy atom. The van der Waals surface area contributed by atoms with Crippen molar-refractivity contribution in [1.29, 1.82) is 0 Å². The summed E-state index contributed by atoms with van der Waals surface area (Å²) in [6.07, 6.45) is 0.893. The molecule has 1 aromatic rings. The Morgan fingerprint density at radius 3 is 2.00 bits per heavy atom. The third-order valence-electron chi connectivity index (χ3n) is 5.49. The van der Waals surface area contributed by atoms with Gasteiger partial charge in [0.1, 0.15) is 0 Å². The van der Waals surface area contributed by atoms with Gasteiger partial charge in [-0.05, 0) is 47.4 Å². The van der Waals surface area contributed by atoms with Gasteiger partial charge in [0.25, 0.3) is 0 Å². The summed E-state index contributed by atoms with van der Waals surface area (Å²) in [6, 6.07) is 6.17. The first-order chi connectivity index (χ1) is 9.23. The highest BCUT2D eigenvalue weighted by Crippen LogP contribution is 2.69. The molecule has 0 aliphatic heterocycles. The summed E-state index contributed by atoms with van der Waals surface area (Å²) >= 11 is 12.7. The molecule has 0 heterocycles. The minimum Gasteiger partial charge on any atom is -0.314 e. The van der Waals surface area contributed by atoms with Crippen LogP contribution in [0.5, 0.6) is 0 Å². The monoisotopic (exact) mass is 313 g/mol. The fourth-order valence-electron chi connectivity index (χ4n) is 3.77. The van der Waals surface area contributed by atoms with Crippen LogP contribution < -0.4 is 5.32 Å². The number of rotatable bonds is 5. The molecule has 0 radical (unpaired) electrons. The van der Waals surface area contributed by atoms with Crippen LogP contribution in [0.1, 0.15) is 40.2 Å². The van der Waals surface area contributed by atoms with E-state index in [1.165, 1.54) is 0 Å². The highest BCUT2D eigenvalue weighted by atomic mass is 35.5. The Morgan fingerprint density at radius 2 is 1.60 bits per heavy atom. The van der Waals surface area contributed by atoms with E-state index in [4.69, 9.17) is 23.2 Å². The zero-order valence-corrected chi connectivity index (χ0v) is 14.6. The Bertz CT molecular complexity index is 460. The second-order valence-corrected chi connectivity index (χ2v) is 7.80. The lowest BCUT2D eigenvalue weighted by Gasteiger charge is -2.21. The minimum absolute atomic E-state index is 0.355. The molecule has 3 heteroatoms. The van der Waals surface area contributed by atoms with E-state index in [9.17, 15) is 0 Å². The van der Waals surface area contributed by atoms with Crippen molar-refractivity contribution in [3.8, 4) is 0 Å². The quantitative estimate of drug-likeness (QED) is 0.788. The highest BCUT2D eigenvalue weighted by Gasteiger charge is 2.66. The van der Waals surface area contributed by atoms with Crippen LogP contribution in [0.2, 0.25) is 10.0 Å². The number of hydrogen-bond acceptors (Lipinski definition) is 1. The molecule has 2 rings (SSSR count). The molecular weight excluding hydrogens is 289 g/mol. The third-order valence-corrected chi connectivity index (χ3v) is 6.19. The van der Waals surface area contributed by atoms with Crippen LogP contribution in [0, 0.1) is 16.7 Å². The fraction of sp³-hybridized carbons (Fsp3) is 0.647. The maximum Gasteiger partial charge on any atom is 0.0453 e. The van der Waals surface area contributed by atoms with Gasteiger partial charge in [-0.2, -0.15) is 0 Å². The van der Waals surface area contributed by atoms with Crippen molar-refractivity contribution in [2.45, 2.75) is 47.1 Å². The van der Waals surface area contributed by atoms with E-state index in [1.54, 1.807) is 0 Å². The first kappa shape index (κ1) is 16.1. The van der Waals surface area contributed by atoms with Gasteiger partial charge in [0.2, 0.25) is 0 Å². The van der Waals surface area contributed by atoms with Crippen molar-refractivity contribution in [3.63, 3.8) is 0 Å². The van der Waals surface area contributed by atoms with Gasteiger partial charge >= 0.3 is 0 Å². The summed E-state index contributed by atoms with van der Waals surface area (Å²) < 4.78 is 0. The lowest BCUT2D eigenvalue weighted by molar-refractivity contribution is 0.403. The van der Waals surface area contributed by atoms with Gasteiger partial charge in [0.15, 0.2) is 0 Å². The number of halogens is 2. The zero-order valence-electron chi connectivity index (χ0n) is 13.1. The lowest BCUT2D eigenvalue weighted by atomic mass is 9.96. The molecule has 0 amide bonds. The van der Waals surface area contributed by atoms with E-state index in [1.807, 2.05) is 18.2 Å². The van der Waals surface area contributed by atoms with Gasteiger partial charge in [-0.15, -0.1) is 0 Å². The van der Waals surface area contributed by atoms with Crippen molar-refractivity contribution in [3.05, 3.63) is 33.8 Å². The van der Waals surface area contributed by atoms with Crippen LogP contribution >= 0.6 is 23.2 Å². The predicted molar refractivity (Wildman–Crippen MR) is 88.7 cm³/mol. The molecule has 1 unspecified atom stereocenters. The molecule has 1 nitrogen and oxygen atoms in total. The molecule has 1 aromatic carbocycles. The van der Waals surface area contributed by atoms with Crippen LogP contribution in [0.4, 0.5) is 0 Å². The number of hydrogen-bond donors (Lipinski definition) is 1. The van der Waals surface area contributed by atoms with E-state index < -0.39 is 0 Å². The smallest absolute Gasteiger partial charge is 0.0453 e. The summed E-state index contributed by atoms with van der Waals surface area (Å²) in [5.41, 5.74) is 1.78. The number of likely N-dealkylation sites (N-methyl/N-ethyl adjacent to an activating group) is 1. The minimum atomic E-state index is 0.355. The molecule has 0 saturated heterocycles. The largest absolute Gasteiger partial charge is 0.314 e. The van der Waals surface area contributed by atoms with Crippen molar-refractivity contribution < 1.29 is 0 Å². The SMILES string of the molecule is CCNC(Cc1c(Cl)cccc1Cl)C1C(C)(C)C1(C)C. The average molecular weight is 314 g/mol. The van der Waals surface area contributed by atoms with Crippen molar-refractivity contribution in [2.75, 3.05) is 6.54 Å². The molecular formula is C17H25Cl2N. The summed E-state index contributed by atoms with van der Waals surface area (Å²) in [4.78, 5) is 0. The van der Waals surface area contributed by atoms with Crippen molar-refractivity contribution in [1.82, 2.24) is 5.32 Å². The van der Waals surface area contributed by atoms with Crippen LogP contribution in [0.3, 0.4) is 0 Å². The molecule has 0 aromatic heterocycles. The summed E-state index contributed by atoms with van der Waals surface area (Å²) in [7, 11) is 0. The van der Waals surface area contributed by atoms with Crippen LogP contribution in [-0.4, -0.2) is 12.6 Å². The predicted octanol–water partition coefficient (Wildman–Crippen LogP) is 5.20. The molecule has 20 heavy (non-hydrogen) atoms. The highest BCUT2D eigenvalue weighted by molar-refractivity contribution is 6.36. The van der Waals surface area contributed by atoms with Gasteiger partial charge in [-0.25, -0.2) is 0 Å². The molecule has 1 N–H and O–H groups in total. The molecule has 1 fully saturated rings. The topological polar surface area (TPSA) is 12.0 Å². The molecule has 0 bridgehead atoms. The third kappa shape index (κ3) is 2.61. The number of nitrogens with one attached hydrogen (secondary N) is 1. The normalized spacial score (nSPS) is 21.8. The maximum absolute atomic E-state index is 6.33. The standard InChI is InChI=1S/C17H25Cl2N/c1-6-20-14(15-16(2,3)17(15,4)5)10-11-12(18)8-7-9-13(11)19/h7-9,14-15,20H,6,10H2,1-5H3. The van der Waals surface area contributed by atoms with E-state index in [0.717, 1.165) is 28.6 Å². The Kier molecular flexibility index (Phi) is 4.45. The fourth-order valence-corrected chi connectivity index (χ4v) is 4.32. The van der Waals surface area contributed by atoms with E-state index in [0.29, 0.717) is 22.8 Å². The first-order valence-electron chi connectivity index (χ1n) is 7.39. The van der Waals surface area contributed by atoms with E-state index in [-0.39, 0.29) is 0 Å². The summed E-state index contributed by atoms with van der Waals surface area (Å²) in [5, 5.41) is 5.19. The second kappa shape index (κ2) is 5.51. The van der Waals surface area contributed by atoms with Crippen LogP contribution in [-0.2, 0) is 6.42 Å². The van der Waals surface area contributed by atoms with Crippen molar-refractivity contribution >= 4 is 23.2 Å². The lowest BCUT2D eigenvalue weighted by Crippen LogP contribution is -2.35. The molecule has 1 atom stereocenters. The van der Waals surface area contributed by atoms with Crippen LogP contribution in [0.25, 0.3) is 0 Å². The molecule has 112 valence electrons. The van der Waals surface area contributed by atoms with Crippen LogP contribution in [0.15, 0.2) is 18.2 Å². The first-order valence-corrected chi connectivity index (χ1v) is 8.15.